The SMILES string of the molecule is CC=CCCC(=O)C1C[C@](C)(O)[C@]2(O)O[C@]3(C)C(=O)C(C)=C(O)C(=C(O)C=CC=CCO)[C@@H]3[C@]2(C)C1=O. The lowest BCUT2D eigenvalue weighted by Gasteiger charge is -2.53. The number of ether oxygens (including phenoxy) is 1. The van der Waals surface area contributed by atoms with Crippen molar-refractivity contribution in [1.82, 2.24) is 0 Å². The standard InChI is InChI=1S/C28H36O9/c1-6-7-9-12-18(30)17-15-25(3,35)28(36)26(4,24(17)34)22-20(19(31)13-10-8-11-14-29)21(32)16(2)23(33)27(22,5)37-28/h6-8,10-11,13,17,22,29,31-32,35-36H,9,12,14-15H2,1-5H3/t17?,22-,25+,26-,27+,28+/m1/s1. The van der Waals surface area contributed by atoms with Gasteiger partial charge in [0.15, 0.2) is 11.6 Å². The average Bonchev–Trinajstić information content (AvgIpc) is 3.04. The van der Waals surface area contributed by atoms with Crippen molar-refractivity contribution in [2.75, 3.05) is 6.61 Å². The number of ketones is 3. The maximum absolute atomic E-state index is 14.1. The van der Waals surface area contributed by atoms with Crippen LogP contribution in [0.15, 0.2) is 59.1 Å². The predicted octanol–water partition coefficient (Wildman–Crippen LogP) is 2.68. The van der Waals surface area contributed by atoms with Gasteiger partial charge in [-0.25, -0.2) is 0 Å². The maximum atomic E-state index is 14.1. The summed E-state index contributed by atoms with van der Waals surface area (Å²) in [5, 5.41) is 54.4. The molecule has 1 heterocycles. The molecule has 2 aliphatic carbocycles. The summed E-state index contributed by atoms with van der Waals surface area (Å²) in [6.45, 7) is 6.77. The largest absolute Gasteiger partial charge is 0.508 e. The van der Waals surface area contributed by atoms with Crippen LogP contribution in [-0.4, -0.2) is 66.5 Å². The minimum Gasteiger partial charge on any atom is -0.508 e. The topological polar surface area (TPSA) is 162 Å². The zero-order valence-corrected chi connectivity index (χ0v) is 21.8. The van der Waals surface area contributed by atoms with Crippen molar-refractivity contribution >= 4 is 17.3 Å². The molecule has 37 heavy (non-hydrogen) atoms. The fourth-order valence-corrected chi connectivity index (χ4v) is 6.22. The van der Waals surface area contributed by atoms with Crippen LogP contribution in [0.2, 0.25) is 0 Å². The number of fused-ring (bicyclic) bond motifs is 3. The Hall–Kier alpha value is -2.85. The third kappa shape index (κ3) is 4.05. The van der Waals surface area contributed by atoms with Crippen molar-refractivity contribution in [3.8, 4) is 0 Å². The molecule has 1 aliphatic heterocycles. The number of allylic oxidation sites excluding steroid dienone is 6. The van der Waals surface area contributed by atoms with E-state index in [4.69, 9.17) is 9.84 Å². The van der Waals surface area contributed by atoms with E-state index in [2.05, 4.69) is 0 Å². The number of rotatable bonds is 7. The monoisotopic (exact) mass is 516 g/mol. The van der Waals surface area contributed by atoms with E-state index in [-0.39, 0.29) is 24.2 Å². The van der Waals surface area contributed by atoms with Crippen LogP contribution in [0.5, 0.6) is 0 Å². The molecule has 1 saturated carbocycles. The summed E-state index contributed by atoms with van der Waals surface area (Å²) in [7, 11) is 0. The van der Waals surface area contributed by atoms with E-state index in [1.807, 2.05) is 0 Å². The molecule has 0 radical (unpaired) electrons. The first kappa shape index (κ1) is 28.7. The molecular weight excluding hydrogens is 480 g/mol. The molecule has 0 bridgehead atoms. The van der Waals surface area contributed by atoms with E-state index in [1.165, 1.54) is 52.0 Å². The van der Waals surface area contributed by atoms with Gasteiger partial charge in [0, 0.05) is 23.5 Å². The van der Waals surface area contributed by atoms with Gasteiger partial charge in [0.05, 0.1) is 17.9 Å². The van der Waals surface area contributed by atoms with Gasteiger partial charge in [0.25, 0.3) is 0 Å². The highest BCUT2D eigenvalue weighted by atomic mass is 16.7. The lowest BCUT2D eigenvalue weighted by atomic mass is 9.51. The minimum absolute atomic E-state index is 0.0329. The van der Waals surface area contributed by atoms with Crippen LogP contribution < -0.4 is 0 Å². The molecule has 2 fully saturated rings. The molecule has 6 atom stereocenters. The van der Waals surface area contributed by atoms with Crippen molar-refractivity contribution in [1.29, 1.82) is 0 Å². The number of aliphatic hydroxyl groups excluding tert-OH is 3. The summed E-state index contributed by atoms with van der Waals surface area (Å²) in [5.41, 5.74) is -6.58. The Morgan fingerprint density at radius 1 is 1.14 bits per heavy atom. The third-order valence-corrected chi connectivity index (χ3v) is 8.11. The van der Waals surface area contributed by atoms with Crippen LogP contribution in [0, 0.1) is 17.3 Å². The van der Waals surface area contributed by atoms with Gasteiger partial charge in [-0.05, 0) is 53.5 Å². The minimum atomic E-state index is -2.62. The van der Waals surface area contributed by atoms with Gasteiger partial charge in [-0.1, -0.05) is 30.4 Å². The van der Waals surface area contributed by atoms with Crippen LogP contribution >= 0.6 is 0 Å². The number of aliphatic hydroxyl groups is 5. The molecule has 0 aromatic rings. The lowest BCUT2D eigenvalue weighted by molar-refractivity contribution is -0.333. The van der Waals surface area contributed by atoms with Crippen LogP contribution in [0.1, 0.15) is 53.9 Å². The Bertz CT molecular complexity index is 1150. The number of Topliss-reactive ketones (excluding diaryl/α,β-unsaturated/α-hetero) is 3. The van der Waals surface area contributed by atoms with Crippen LogP contribution in [-0.2, 0) is 19.1 Å². The molecule has 1 unspecified atom stereocenters. The number of hydrogen-bond acceptors (Lipinski definition) is 9. The highest BCUT2D eigenvalue weighted by Gasteiger charge is 2.82. The van der Waals surface area contributed by atoms with Gasteiger partial charge in [-0.2, -0.15) is 0 Å². The van der Waals surface area contributed by atoms with Crippen molar-refractivity contribution in [3.05, 3.63) is 59.1 Å². The van der Waals surface area contributed by atoms with Crippen LogP contribution in [0.25, 0.3) is 0 Å². The van der Waals surface area contributed by atoms with E-state index in [1.54, 1.807) is 19.1 Å². The van der Waals surface area contributed by atoms with Gasteiger partial charge in [0.1, 0.15) is 28.5 Å². The first-order chi connectivity index (χ1) is 17.2. The predicted molar refractivity (Wildman–Crippen MR) is 134 cm³/mol. The van der Waals surface area contributed by atoms with Crippen molar-refractivity contribution < 1.29 is 44.7 Å². The zero-order chi connectivity index (χ0) is 28.0. The summed E-state index contributed by atoms with van der Waals surface area (Å²) < 4.78 is 5.97. The molecule has 0 spiro atoms. The fourth-order valence-electron chi connectivity index (χ4n) is 6.22. The van der Waals surface area contributed by atoms with Gasteiger partial charge >= 0.3 is 0 Å². The average molecular weight is 517 g/mol. The highest BCUT2D eigenvalue weighted by Crippen LogP contribution is 2.67. The second-order valence-corrected chi connectivity index (χ2v) is 10.5. The normalized spacial score (nSPS) is 39.7. The second kappa shape index (κ2) is 9.79. The molecule has 3 aliphatic rings. The highest BCUT2D eigenvalue weighted by molar-refractivity contribution is 6.10. The molecular formula is C28H36O9. The summed E-state index contributed by atoms with van der Waals surface area (Å²) in [6.07, 6.45) is 8.98. The van der Waals surface area contributed by atoms with E-state index in [9.17, 15) is 34.8 Å². The Balaban J connectivity index is 2.28. The van der Waals surface area contributed by atoms with Gasteiger partial charge in [-0.3, -0.25) is 14.4 Å². The van der Waals surface area contributed by atoms with Gasteiger partial charge in [-0.15, -0.1) is 0 Å². The molecule has 5 N–H and O–H groups in total. The number of carbonyl (C=O) groups excluding carboxylic acids is 3. The summed E-state index contributed by atoms with van der Waals surface area (Å²) in [6, 6.07) is 0. The van der Waals surface area contributed by atoms with Crippen molar-refractivity contribution in [2.45, 2.75) is 70.9 Å². The van der Waals surface area contributed by atoms with E-state index >= 15 is 0 Å². The molecule has 9 heteroatoms. The molecule has 9 nitrogen and oxygen atoms in total. The van der Waals surface area contributed by atoms with E-state index < -0.39 is 69.5 Å². The Kier molecular flexibility index (Phi) is 7.60. The van der Waals surface area contributed by atoms with Crippen molar-refractivity contribution in [2.24, 2.45) is 17.3 Å². The third-order valence-electron chi connectivity index (χ3n) is 8.11. The summed E-state index contributed by atoms with van der Waals surface area (Å²) in [4.78, 5) is 40.7. The first-order valence-corrected chi connectivity index (χ1v) is 12.3. The maximum Gasteiger partial charge on any atom is 0.209 e. The van der Waals surface area contributed by atoms with Crippen LogP contribution in [0.4, 0.5) is 0 Å². The van der Waals surface area contributed by atoms with E-state index in [0.29, 0.717) is 6.42 Å². The molecule has 0 aromatic heterocycles. The van der Waals surface area contributed by atoms with Crippen LogP contribution in [0.3, 0.4) is 0 Å². The summed E-state index contributed by atoms with van der Waals surface area (Å²) in [5.74, 6) is -8.35. The van der Waals surface area contributed by atoms with Gasteiger partial charge < -0.3 is 30.3 Å². The van der Waals surface area contributed by atoms with Gasteiger partial charge in [0.2, 0.25) is 5.79 Å². The fraction of sp³-hybridized carbons (Fsp3) is 0.536. The Labute approximate surface area is 216 Å². The Morgan fingerprint density at radius 3 is 2.38 bits per heavy atom. The molecule has 0 aromatic carbocycles. The molecule has 202 valence electrons. The lowest BCUT2D eigenvalue weighted by Crippen LogP contribution is -2.70. The Morgan fingerprint density at radius 2 is 1.78 bits per heavy atom. The molecule has 3 rings (SSSR count). The van der Waals surface area contributed by atoms with Crippen molar-refractivity contribution in [3.63, 3.8) is 0 Å². The smallest absolute Gasteiger partial charge is 0.209 e. The van der Waals surface area contributed by atoms with E-state index in [0.717, 1.165) is 0 Å². The zero-order valence-electron chi connectivity index (χ0n) is 21.8. The number of hydrogen-bond donors (Lipinski definition) is 5. The number of carbonyl (C=O) groups is 3. The first-order valence-electron chi connectivity index (χ1n) is 12.3. The second-order valence-electron chi connectivity index (χ2n) is 10.5. The molecule has 0 amide bonds. The summed E-state index contributed by atoms with van der Waals surface area (Å²) >= 11 is 0. The molecule has 1 saturated heterocycles. The quantitative estimate of drug-likeness (QED) is 0.148.